The second-order valence-corrected chi connectivity index (χ2v) is 2.74. The van der Waals surface area contributed by atoms with Gasteiger partial charge in [0, 0.05) is 7.11 Å². The van der Waals surface area contributed by atoms with Crippen LogP contribution >= 0.6 is 0 Å². The molecule has 0 bridgehead atoms. The minimum atomic E-state index is -0.882. The maximum absolute atomic E-state index is 11.1. The summed E-state index contributed by atoms with van der Waals surface area (Å²) in [6, 6.07) is -1.11. The van der Waals surface area contributed by atoms with Crippen LogP contribution in [-0.4, -0.2) is 42.5 Å². The summed E-state index contributed by atoms with van der Waals surface area (Å²) in [4.78, 5) is 33.7. The van der Waals surface area contributed by atoms with Gasteiger partial charge in [-0.15, -0.1) is 0 Å². The van der Waals surface area contributed by atoms with Crippen molar-refractivity contribution in [3.8, 4) is 0 Å². The Kier molecular flexibility index (Phi) is 2.62. The standard InChI is InChI=1S/C7H10N2O4/c1-4(3-13-2)9-6(11)5(10)8-7(9)12/h4H,3H2,1-2H3,(H,8,10,12). The molecule has 1 fully saturated rings. The summed E-state index contributed by atoms with van der Waals surface area (Å²) >= 11 is 0. The molecule has 1 atom stereocenters. The van der Waals surface area contributed by atoms with E-state index < -0.39 is 23.9 Å². The van der Waals surface area contributed by atoms with E-state index in [0.29, 0.717) is 0 Å². The van der Waals surface area contributed by atoms with Crippen molar-refractivity contribution in [2.75, 3.05) is 13.7 Å². The van der Waals surface area contributed by atoms with Crippen LogP contribution in [0.25, 0.3) is 0 Å². The Morgan fingerprint density at radius 1 is 1.46 bits per heavy atom. The number of carbonyl (C=O) groups is 3. The van der Waals surface area contributed by atoms with E-state index in [9.17, 15) is 14.4 Å². The van der Waals surface area contributed by atoms with Gasteiger partial charge in [0.1, 0.15) is 0 Å². The van der Waals surface area contributed by atoms with Gasteiger partial charge >= 0.3 is 17.8 Å². The molecule has 0 aromatic rings. The fourth-order valence-electron chi connectivity index (χ4n) is 1.13. The van der Waals surface area contributed by atoms with Gasteiger partial charge in [-0.1, -0.05) is 0 Å². The number of nitrogens with one attached hydrogen (secondary N) is 1. The van der Waals surface area contributed by atoms with Crippen molar-refractivity contribution in [2.24, 2.45) is 0 Å². The first-order valence-electron chi connectivity index (χ1n) is 3.75. The van der Waals surface area contributed by atoms with Gasteiger partial charge in [-0.3, -0.25) is 19.8 Å². The lowest BCUT2D eigenvalue weighted by Crippen LogP contribution is -2.41. The van der Waals surface area contributed by atoms with Crippen molar-refractivity contribution < 1.29 is 19.1 Å². The molecule has 6 heteroatoms. The Morgan fingerprint density at radius 3 is 2.46 bits per heavy atom. The van der Waals surface area contributed by atoms with E-state index in [2.05, 4.69) is 0 Å². The molecule has 13 heavy (non-hydrogen) atoms. The van der Waals surface area contributed by atoms with Crippen molar-refractivity contribution in [3.05, 3.63) is 0 Å². The third-order valence-corrected chi connectivity index (χ3v) is 1.70. The molecule has 0 aromatic carbocycles. The van der Waals surface area contributed by atoms with Crippen LogP contribution in [0.3, 0.4) is 0 Å². The molecule has 1 N–H and O–H groups in total. The number of imide groups is 2. The highest BCUT2D eigenvalue weighted by atomic mass is 16.5. The molecule has 1 unspecified atom stereocenters. The van der Waals surface area contributed by atoms with Crippen molar-refractivity contribution in [1.29, 1.82) is 0 Å². The normalized spacial score (nSPS) is 19.2. The average molecular weight is 186 g/mol. The van der Waals surface area contributed by atoms with Crippen LogP contribution in [0.4, 0.5) is 4.79 Å². The van der Waals surface area contributed by atoms with Crippen molar-refractivity contribution in [1.82, 2.24) is 10.2 Å². The number of carbonyl (C=O) groups excluding carboxylic acids is 3. The van der Waals surface area contributed by atoms with Crippen molar-refractivity contribution >= 4 is 17.8 Å². The first-order valence-corrected chi connectivity index (χ1v) is 3.75. The Hall–Kier alpha value is -1.43. The molecule has 0 aliphatic carbocycles. The number of rotatable bonds is 3. The molecule has 1 aliphatic rings. The van der Waals surface area contributed by atoms with Gasteiger partial charge < -0.3 is 4.74 Å². The largest absolute Gasteiger partial charge is 0.383 e. The average Bonchev–Trinajstić information content (AvgIpc) is 2.27. The van der Waals surface area contributed by atoms with Crippen LogP contribution in [-0.2, 0) is 14.3 Å². The number of amides is 4. The third kappa shape index (κ3) is 1.67. The van der Waals surface area contributed by atoms with Gasteiger partial charge in [-0.2, -0.15) is 0 Å². The lowest BCUT2D eigenvalue weighted by atomic mass is 10.3. The highest BCUT2D eigenvalue weighted by Crippen LogP contribution is 2.06. The number of nitrogens with zero attached hydrogens (tertiary/aromatic N) is 1. The smallest absolute Gasteiger partial charge is 0.331 e. The van der Waals surface area contributed by atoms with Crippen LogP contribution in [0.1, 0.15) is 6.92 Å². The quantitative estimate of drug-likeness (QED) is 0.457. The molecule has 0 spiro atoms. The molecule has 1 rings (SSSR count). The number of hydrogen-bond donors (Lipinski definition) is 1. The SMILES string of the molecule is COCC(C)N1C(=O)NC(=O)C1=O. The zero-order valence-corrected chi connectivity index (χ0v) is 7.36. The summed E-state index contributed by atoms with van der Waals surface area (Å²) < 4.78 is 4.76. The number of urea groups is 1. The molecule has 0 radical (unpaired) electrons. The van der Waals surface area contributed by atoms with E-state index in [4.69, 9.17) is 4.74 Å². The van der Waals surface area contributed by atoms with Gasteiger partial charge in [0.25, 0.3) is 0 Å². The van der Waals surface area contributed by atoms with Crippen LogP contribution < -0.4 is 5.32 Å². The predicted octanol–water partition coefficient (Wildman–Crippen LogP) is -0.900. The predicted molar refractivity (Wildman–Crippen MR) is 41.7 cm³/mol. The fourth-order valence-corrected chi connectivity index (χ4v) is 1.13. The van der Waals surface area contributed by atoms with Crippen LogP contribution in [0.2, 0.25) is 0 Å². The first-order chi connectivity index (χ1) is 6.07. The Morgan fingerprint density at radius 2 is 2.08 bits per heavy atom. The number of methoxy groups -OCH3 is 1. The minimum absolute atomic E-state index is 0.215. The van der Waals surface area contributed by atoms with Gasteiger partial charge in [0.15, 0.2) is 0 Å². The van der Waals surface area contributed by atoms with Gasteiger partial charge in [0.2, 0.25) is 0 Å². The van der Waals surface area contributed by atoms with Gasteiger partial charge in [-0.25, -0.2) is 4.79 Å². The van der Waals surface area contributed by atoms with E-state index in [-0.39, 0.29) is 6.61 Å². The Labute approximate surface area is 74.8 Å². The van der Waals surface area contributed by atoms with Crippen molar-refractivity contribution in [3.63, 3.8) is 0 Å². The van der Waals surface area contributed by atoms with Gasteiger partial charge in [-0.05, 0) is 6.92 Å². The van der Waals surface area contributed by atoms with Crippen LogP contribution in [0.5, 0.6) is 0 Å². The van der Waals surface area contributed by atoms with Crippen LogP contribution in [0, 0.1) is 0 Å². The van der Waals surface area contributed by atoms with Crippen molar-refractivity contribution in [2.45, 2.75) is 13.0 Å². The summed E-state index contributed by atoms with van der Waals surface area (Å²) in [5.41, 5.74) is 0. The maximum atomic E-state index is 11.1. The fraction of sp³-hybridized carbons (Fsp3) is 0.571. The topological polar surface area (TPSA) is 75.7 Å². The van der Waals surface area contributed by atoms with E-state index >= 15 is 0 Å². The highest BCUT2D eigenvalue weighted by molar-refractivity contribution is 6.44. The molecular formula is C7H10N2O4. The second kappa shape index (κ2) is 3.53. The summed E-state index contributed by atoms with van der Waals surface area (Å²) in [6.07, 6.45) is 0. The monoisotopic (exact) mass is 186 g/mol. The number of hydrogen-bond acceptors (Lipinski definition) is 4. The molecule has 0 aromatic heterocycles. The molecule has 72 valence electrons. The zero-order valence-electron chi connectivity index (χ0n) is 7.36. The Balaban J connectivity index is 2.73. The summed E-state index contributed by atoms with van der Waals surface area (Å²) in [5, 5.41) is 1.90. The molecule has 0 saturated carbocycles. The lowest BCUT2D eigenvalue weighted by molar-refractivity contribution is -0.141. The highest BCUT2D eigenvalue weighted by Gasteiger charge is 2.39. The molecule has 1 saturated heterocycles. The zero-order chi connectivity index (χ0) is 10.0. The van der Waals surface area contributed by atoms with E-state index in [1.54, 1.807) is 6.92 Å². The molecular weight excluding hydrogens is 176 g/mol. The molecule has 4 amide bonds. The molecule has 6 nitrogen and oxygen atoms in total. The van der Waals surface area contributed by atoms with E-state index in [0.717, 1.165) is 4.90 Å². The molecule has 1 aliphatic heterocycles. The summed E-state index contributed by atoms with van der Waals surface area (Å²) in [5.74, 6) is -1.71. The third-order valence-electron chi connectivity index (χ3n) is 1.70. The van der Waals surface area contributed by atoms with E-state index in [1.807, 2.05) is 5.32 Å². The van der Waals surface area contributed by atoms with E-state index in [1.165, 1.54) is 7.11 Å². The molecule has 1 heterocycles. The summed E-state index contributed by atoms with van der Waals surface area (Å²) in [7, 11) is 1.46. The second-order valence-electron chi connectivity index (χ2n) is 2.74. The lowest BCUT2D eigenvalue weighted by Gasteiger charge is -2.18. The minimum Gasteiger partial charge on any atom is -0.383 e. The van der Waals surface area contributed by atoms with Gasteiger partial charge in [0.05, 0.1) is 12.6 Å². The Bertz CT molecular complexity index is 263. The first kappa shape index (κ1) is 9.66. The van der Waals surface area contributed by atoms with Crippen LogP contribution in [0.15, 0.2) is 0 Å². The summed E-state index contributed by atoms with van der Waals surface area (Å²) in [6.45, 7) is 1.84. The maximum Gasteiger partial charge on any atom is 0.331 e. The number of ether oxygens (including phenoxy) is 1.